The molecule has 0 radical (unpaired) electrons. The van der Waals surface area contributed by atoms with E-state index in [0.29, 0.717) is 13.0 Å². The highest BCUT2D eigenvalue weighted by Gasteiger charge is 2.29. The molecule has 1 aliphatic heterocycles. The van der Waals surface area contributed by atoms with Gasteiger partial charge < -0.3 is 9.64 Å². The van der Waals surface area contributed by atoms with Crippen LogP contribution >= 0.6 is 12.4 Å². The second-order valence-corrected chi connectivity index (χ2v) is 4.31. The molecule has 0 aromatic heterocycles. The molecule has 0 spiro atoms. The maximum absolute atomic E-state index is 12.7. The van der Waals surface area contributed by atoms with Crippen LogP contribution < -0.4 is 0 Å². The van der Waals surface area contributed by atoms with Gasteiger partial charge in [-0.2, -0.15) is 0 Å². The molecule has 14 heavy (non-hydrogen) atoms. The van der Waals surface area contributed by atoms with Gasteiger partial charge >= 0.3 is 6.09 Å². The van der Waals surface area contributed by atoms with E-state index in [-0.39, 0.29) is 19.0 Å². The number of ether oxygens (including phenoxy) is 1. The number of rotatable bonds is 0. The largest absolute Gasteiger partial charge is 0.444 e. The summed E-state index contributed by atoms with van der Waals surface area (Å²) < 4.78 is 17.8. The van der Waals surface area contributed by atoms with E-state index < -0.39 is 17.9 Å². The van der Waals surface area contributed by atoms with E-state index in [1.165, 1.54) is 4.90 Å². The van der Waals surface area contributed by atoms with E-state index >= 15 is 0 Å². The van der Waals surface area contributed by atoms with Crippen molar-refractivity contribution in [3.8, 4) is 0 Å². The van der Waals surface area contributed by atoms with Gasteiger partial charge in [0.2, 0.25) is 0 Å². The van der Waals surface area contributed by atoms with E-state index in [1.54, 1.807) is 20.8 Å². The molecule has 1 atom stereocenters. The Morgan fingerprint density at radius 1 is 1.50 bits per heavy atom. The number of hydrogen-bond donors (Lipinski definition) is 0. The zero-order valence-corrected chi connectivity index (χ0v) is 9.57. The number of carbonyl (C=O) groups is 1. The first-order chi connectivity index (χ1) is 5.88. The summed E-state index contributed by atoms with van der Waals surface area (Å²) in [6, 6.07) is 0. The third-order valence-electron chi connectivity index (χ3n) is 1.78. The Morgan fingerprint density at radius 3 is 2.43 bits per heavy atom. The number of halogens is 2. The summed E-state index contributed by atoms with van der Waals surface area (Å²) in [7, 11) is 0. The Balaban J connectivity index is 0.00000169. The van der Waals surface area contributed by atoms with Crippen LogP contribution in [-0.4, -0.2) is 35.9 Å². The molecule has 3 nitrogen and oxygen atoms in total. The van der Waals surface area contributed by atoms with Crippen molar-refractivity contribution < 1.29 is 13.9 Å². The Kier molecular flexibility index (Phi) is 4.65. The summed E-state index contributed by atoms with van der Waals surface area (Å²) in [4.78, 5) is 12.8. The van der Waals surface area contributed by atoms with Gasteiger partial charge in [0, 0.05) is 6.54 Å². The van der Waals surface area contributed by atoms with Crippen LogP contribution in [0.3, 0.4) is 0 Å². The SMILES string of the molecule is CC(C)(C)OC(=O)N1CC[C@H](F)C1.Cl. The number of alkyl halides is 1. The fourth-order valence-corrected chi connectivity index (χ4v) is 1.21. The van der Waals surface area contributed by atoms with Crippen LogP contribution in [0.1, 0.15) is 27.2 Å². The standard InChI is InChI=1S/C9H16FNO2.ClH/c1-9(2,3)13-8(12)11-5-4-7(10)6-11;/h7H,4-6H2,1-3H3;1H/t7-;/m0./s1. The van der Waals surface area contributed by atoms with E-state index in [4.69, 9.17) is 4.74 Å². The zero-order valence-electron chi connectivity index (χ0n) is 8.75. The number of hydrogen-bond acceptors (Lipinski definition) is 2. The highest BCUT2D eigenvalue weighted by Crippen LogP contribution is 2.16. The molecule has 0 aromatic carbocycles. The predicted molar refractivity (Wildman–Crippen MR) is 54.6 cm³/mol. The molecular weight excluding hydrogens is 209 g/mol. The number of likely N-dealkylation sites (tertiary alicyclic amines) is 1. The first-order valence-corrected chi connectivity index (χ1v) is 4.50. The van der Waals surface area contributed by atoms with Crippen molar-refractivity contribution in [3.63, 3.8) is 0 Å². The van der Waals surface area contributed by atoms with Crippen molar-refractivity contribution in [1.29, 1.82) is 0 Å². The maximum Gasteiger partial charge on any atom is 0.410 e. The number of carbonyl (C=O) groups excluding carboxylic acids is 1. The average Bonchev–Trinajstić information content (AvgIpc) is 2.31. The highest BCUT2D eigenvalue weighted by molar-refractivity contribution is 5.85. The molecule has 1 saturated heterocycles. The summed E-state index contributed by atoms with van der Waals surface area (Å²) in [6.45, 7) is 6.04. The minimum Gasteiger partial charge on any atom is -0.444 e. The molecule has 0 aromatic rings. The lowest BCUT2D eigenvalue weighted by molar-refractivity contribution is 0.0284. The minimum atomic E-state index is -0.882. The molecule has 0 N–H and O–H groups in total. The average molecular weight is 226 g/mol. The van der Waals surface area contributed by atoms with Gasteiger partial charge in [-0.3, -0.25) is 0 Å². The fraction of sp³-hybridized carbons (Fsp3) is 0.889. The second-order valence-electron chi connectivity index (χ2n) is 4.31. The van der Waals surface area contributed by atoms with Crippen molar-refractivity contribution in [2.75, 3.05) is 13.1 Å². The van der Waals surface area contributed by atoms with Gasteiger partial charge in [0.1, 0.15) is 11.8 Å². The van der Waals surface area contributed by atoms with E-state index in [1.807, 2.05) is 0 Å². The third-order valence-corrected chi connectivity index (χ3v) is 1.78. The van der Waals surface area contributed by atoms with Crippen LogP contribution in [0.25, 0.3) is 0 Å². The van der Waals surface area contributed by atoms with Gasteiger partial charge in [0.15, 0.2) is 0 Å². The molecule has 0 saturated carbocycles. The van der Waals surface area contributed by atoms with Gasteiger partial charge in [0.05, 0.1) is 6.54 Å². The van der Waals surface area contributed by atoms with Gasteiger partial charge in [-0.15, -0.1) is 12.4 Å². The Morgan fingerprint density at radius 2 is 2.07 bits per heavy atom. The van der Waals surface area contributed by atoms with Crippen LogP contribution in [0.2, 0.25) is 0 Å². The van der Waals surface area contributed by atoms with E-state index in [0.717, 1.165) is 0 Å². The molecule has 1 amide bonds. The summed E-state index contributed by atoms with van der Waals surface area (Å²) in [6.07, 6.45) is -0.862. The lowest BCUT2D eigenvalue weighted by Gasteiger charge is -2.23. The molecule has 0 bridgehead atoms. The molecule has 0 unspecified atom stereocenters. The molecular formula is C9H17ClFNO2. The molecule has 1 aliphatic rings. The van der Waals surface area contributed by atoms with Crippen molar-refractivity contribution in [2.45, 2.75) is 39.0 Å². The predicted octanol–water partition coefficient (Wildman–Crippen LogP) is 2.39. The van der Waals surface area contributed by atoms with Gasteiger partial charge in [-0.25, -0.2) is 9.18 Å². The van der Waals surface area contributed by atoms with E-state index in [9.17, 15) is 9.18 Å². The van der Waals surface area contributed by atoms with Crippen molar-refractivity contribution in [2.24, 2.45) is 0 Å². The smallest absolute Gasteiger partial charge is 0.410 e. The van der Waals surface area contributed by atoms with Crippen molar-refractivity contribution in [1.82, 2.24) is 4.90 Å². The highest BCUT2D eigenvalue weighted by atomic mass is 35.5. The van der Waals surface area contributed by atoms with Gasteiger partial charge in [-0.1, -0.05) is 0 Å². The maximum atomic E-state index is 12.7. The zero-order chi connectivity index (χ0) is 10.1. The monoisotopic (exact) mass is 225 g/mol. The molecule has 1 heterocycles. The topological polar surface area (TPSA) is 29.5 Å². The molecule has 1 rings (SSSR count). The summed E-state index contributed by atoms with van der Waals surface area (Å²) in [5.41, 5.74) is -0.495. The molecule has 1 fully saturated rings. The summed E-state index contributed by atoms with van der Waals surface area (Å²) in [5, 5.41) is 0. The minimum absolute atomic E-state index is 0. The van der Waals surface area contributed by atoms with Crippen LogP contribution in [0.4, 0.5) is 9.18 Å². The fourth-order valence-electron chi connectivity index (χ4n) is 1.21. The first-order valence-electron chi connectivity index (χ1n) is 4.50. The lowest BCUT2D eigenvalue weighted by Crippen LogP contribution is -2.35. The molecule has 84 valence electrons. The van der Waals surface area contributed by atoms with Crippen LogP contribution in [0.15, 0.2) is 0 Å². The number of nitrogens with zero attached hydrogens (tertiary/aromatic N) is 1. The second kappa shape index (κ2) is 4.82. The number of amides is 1. The first kappa shape index (κ1) is 13.5. The third kappa shape index (κ3) is 4.13. The Bertz CT molecular complexity index is 205. The Labute approximate surface area is 90.0 Å². The van der Waals surface area contributed by atoms with Crippen LogP contribution in [-0.2, 0) is 4.74 Å². The van der Waals surface area contributed by atoms with Crippen molar-refractivity contribution >= 4 is 18.5 Å². The molecule has 5 heteroatoms. The summed E-state index contributed by atoms with van der Waals surface area (Å²) >= 11 is 0. The normalized spacial score (nSPS) is 21.7. The van der Waals surface area contributed by atoms with Crippen LogP contribution in [0, 0.1) is 0 Å². The quantitative estimate of drug-likeness (QED) is 0.634. The molecule has 0 aliphatic carbocycles. The summed E-state index contributed by atoms with van der Waals surface area (Å²) in [5.74, 6) is 0. The van der Waals surface area contributed by atoms with Crippen LogP contribution in [0.5, 0.6) is 0 Å². The lowest BCUT2D eigenvalue weighted by atomic mass is 10.2. The van der Waals surface area contributed by atoms with Gasteiger partial charge in [0.25, 0.3) is 0 Å². The van der Waals surface area contributed by atoms with E-state index in [2.05, 4.69) is 0 Å². The Hall–Kier alpha value is -0.510. The van der Waals surface area contributed by atoms with Crippen molar-refractivity contribution in [3.05, 3.63) is 0 Å². The van der Waals surface area contributed by atoms with Gasteiger partial charge in [-0.05, 0) is 27.2 Å².